The van der Waals surface area contributed by atoms with Crippen molar-refractivity contribution in [2.24, 2.45) is 11.7 Å². The van der Waals surface area contributed by atoms with Crippen LogP contribution in [0.2, 0.25) is 0 Å². The number of hydrogen-bond donors (Lipinski definition) is 2. The Labute approximate surface area is 161 Å². The lowest BCUT2D eigenvalue weighted by molar-refractivity contribution is -0.123. The molecule has 0 saturated carbocycles. The van der Waals surface area contributed by atoms with Gasteiger partial charge in [0.2, 0.25) is 5.88 Å². The smallest absolute Gasteiger partial charge is 0.255 e. The van der Waals surface area contributed by atoms with E-state index in [0.717, 1.165) is 0 Å². The summed E-state index contributed by atoms with van der Waals surface area (Å²) in [4.78, 5) is 27.5. The maximum Gasteiger partial charge on any atom is 0.255 e. The van der Waals surface area contributed by atoms with Gasteiger partial charge >= 0.3 is 0 Å². The molecule has 3 unspecified atom stereocenters. The van der Waals surface area contributed by atoms with Crippen molar-refractivity contribution in [3.05, 3.63) is 29.5 Å². The number of primary amides is 1. The zero-order chi connectivity index (χ0) is 20.4. The highest BCUT2D eigenvalue weighted by atomic mass is 19.1. The average Bonchev–Trinajstić information content (AvgIpc) is 2.97. The van der Waals surface area contributed by atoms with E-state index in [1.54, 1.807) is 6.07 Å². The monoisotopic (exact) mass is 385 g/mol. The third kappa shape index (κ3) is 3.31. The minimum atomic E-state index is -1.55. The maximum absolute atomic E-state index is 14.0. The predicted molar refractivity (Wildman–Crippen MR) is 101 cm³/mol. The Morgan fingerprint density at radius 2 is 2.18 bits per heavy atom. The lowest BCUT2D eigenvalue weighted by atomic mass is 9.97. The molecule has 0 aliphatic carbocycles. The van der Waals surface area contributed by atoms with Crippen LogP contribution in [0.15, 0.2) is 18.3 Å². The van der Waals surface area contributed by atoms with E-state index in [4.69, 9.17) is 21.6 Å². The topological polar surface area (TPSA) is 104 Å². The van der Waals surface area contributed by atoms with Gasteiger partial charge in [0, 0.05) is 22.9 Å². The highest BCUT2D eigenvalue weighted by molar-refractivity contribution is 6.03. The normalized spacial score (nSPS) is 21.2. The number of carbonyl (C=O) groups excluding carboxylic acids is 2. The first-order valence-corrected chi connectivity index (χ1v) is 8.75. The number of aromatic nitrogens is 1. The molecule has 0 bridgehead atoms. The Morgan fingerprint density at radius 1 is 1.43 bits per heavy atom. The van der Waals surface area contributed by atoms with Crippen molar-refractivity contribution in [2.45, 2.75) is 25.6 Å². The minimum Gasteiger partial charge on any atom is -0.496 e. The number of fused-ring (bicyclic) bond motifs is 1. The van der Waals surface area contributed by atoms with Gasteiger partial charge in [-0.3, -0.25) is 9.59 Å². The summed E-state index contributed by atoms with van der Waals surface area (Å²) in [5.41, 5.74) is 6.05. The van der Waals surface area contributed by atoms with E-state index in [1.165, 1.54) is 19.4 Å². The fourth-order valence-corrected chi connectivity index (χ4v) is 3.43. The highest BCUT2D eigenvalue weighted by Crippen LogP contribution is 2.33. The lowest BCUT2D eigenvalue weighted by Gasteiger charge is -2.19. The van der Waals surface area contributed by atoms with Gasteiger partial charge in [0.05, 0.1) is 24.3 Å². The van der Waals surface area contributed by atoms with Crippen LogP contribution in [-0.4, -0.2) is 42.7 Å². The van der Waals surface area contributed by atoms with Gasteiger partial charge in [0.15, 0.2) is 6.17 Å². The molecule has 1 aliphatic heterocycles. The largest absolute Gasteiger partial charge is 0.496 e. The number of carbonyl (C=O) groups is 2. The number of amides is 2. The standard InChI is InChI=1S/C20H20FN3O4/c1-4-10-8-23-20(28-9-15-11(5-2)17(21)19(26)24-15)13-7-16(27-3)14(18(22)25)6-12(10)13/h1,6-8,11,15,17H,5,9H2,2-3H3,(H2,22,25)(H,24,26). The van der Waals surface area contributed by atoms with Crippen molar-refractivity contribution < 1.29 is 23.5 Å². The molecule has 3 atom stereocenters. The molecule has 1 saturated heterocycles. The molecule has 1 fully saturated rings. The Kier molecular flexibility index (Phi) is 5.36. The van der Waals surface area contributed by atoms with E-state index in [-0.39, 0.29) is 23.8 Å². The van der Waals surface area contributed by atoms with Crippen LogP contribution in [0.5, 0.6) is 11.6 Å². The van der Waals surface area contributed by atoms with Crippen LogP contribution in [0.1, 0.15) is 29.3 Å². The van der Waals surface area contributed by atoms with E-state index in [1.807, 2.05) is 6.92 Å². The number of alkyl halides is 1. The second-order valence-corrected chi connectivity index (χ2v) is 6.48. The van der Waals surface area contributed by atoms with Crippen molar-refractivity contribution in [2.75, 3.05) is 13.7 Å². The van der Waals surface area contributed by atoms with Gasteiger partial charge in [-0.05, 0) is 18.6 Å². The van der Waals surface area contributed by atoms with Gasteiger partial charge in [-0.25, -0.2) is 9.37 Å². The fraction of sp³-hybridized carbons (Fsp3) is 0.350. The van der Waals surface area contributed by atoms with E-state index >= 15 is 0 Å². The van der Waals surface area contributed by atoms with Crippen LogP contribution in [0, 0.1) is 18.3 Å². The van der Waals surface area contributed by atoms with Gasteiger partial charge in [-0.1, -0.05) is 12.8 Å². The number of nitrogens with zero attached hydrogens (tertiary/aromatic N) is 1. The molecule has 3 N–H and O–H groups in total. The Hall–Kier alpha value is -3.34. The van der Waals surface area contributed by atoms with Crippen molar-refractivity contribution in [3.8, 4) is 24.0 Å². The SMILES string of the molecule is C#Cc1cnc(OCC2NC(=O)C(F)C2CC)c2cc(OC)c(C(N)=O)cc12. The van der Waals surface area contributed by atoms with Gasteiger partial charge in [0.25, 0.3) is 11.8 Å². The first-order chi connectivity index (χ1) is 13.4. The zero-order valence-electron chi connectivity index (χ0n) is 15.5. The van der Waals surface area contributed by atoms with Crippen LogP contribution < -0.4 is 20.5 Å². The molecule has 2 heterocycles. The Balaban J connectivity index is 1.99. The summed E-state index contributed by atoms with van der Waals surface area (Å²) in [6.45, 7) is 1.86. The molecule has 1 aromatic heterocycles. The van der Waals surface area contributed by atoms with E-state index in [9.17, 15) is 14.0 Å². The third-order valence-electron chi connectivity index (χ3n) is 4.93. The van der Waals surface area contributed by atoms with Crippen molar-refractivity contribution in [1.29, 1.82) is 0 Å². The number of nitrogens with two attached hydrogens (primary N) is 1. The summed E-state index contributed by atoms with van der Waals surface area (Å²) in [5, 5.41) is 3.68. The third-order valence-corrected chi connectivity index (χ3v) is 4.93. The molecule has 1 aliphatic rings. The maximum atomic E-state index is 14.0. The molecule has 0 radical (unpaired) electrons. The van der Waals surface area contributed by atoms with Crippen molar-refractivity contribution in [3.63, 3.8) is 0 Å². The number of benzene rings is 1. The number of hydrogen-bond acceptors (Lipinski definition) is 5. The quantitative estimate of drug-likeness (QED) is 0.735. The second kappa shape index (κ2) is 7.72. The van der Waals surface area contributed by atoms with Crippen LogP contribution in [0.4, 0.5) is 4.39 Å². The number of nitrogens with one attached hydrogen (secondary N) is 1. The predicted octanol–water partition coefficient (Wildman–Crippen LogP) is 1.57. The molecule has 1 aromatic carbocycles. The van der Waals surface area contributed by atoms with Crippen LogP contribution in [0.25, 0.3) is 10.8 Å². The van der Waals surface area contributed by atoms with E-state index < -0.39 is 29.9 Å². The number of ether oxygens (including phenoxy) is 2. The number of methoxy groups -OCH3 is 1. The van der Waals surface area contributed by atoms with E-state index in [2.05, 4.69) is 16.2 Å². The average molecular weight is 385 g/mol. The first-order valence-electron chi connectivity index (χ1n) is 8.75. The molecule has 28 heavy (non-hydrogen) atoms. The molecule has 0 spiro atoms. The summed E-state index contributed by atoms with van der Waals surface area (Å²) < 4.78 is 25.0. The zero-order valence-corrected chi connectivity index (χ0v) is 15.5. The molecule has 2 amide bonds. The number of terminal acetylenes is 1. The number of halogens is 1. The van der Waals surface area contributed by atoms with E-state index in [0.29, 0.717) is 22.8 Å². The summed E-state index contributed by atoms with van der Waals surface area (Å²) in [6, 6.07) is 2.63. The summed E-state index contributed by atoms with van der Waals surface area (Å²) in [5.74, 6) is 1.23. The van der Waals surface area contributed by atoms with Crippen molar-refractivity contribution in [1.82, 2.24) is 10.3 Å². The highest BCUT2D eigenvalue weighted by Gasteiger charge is 2.41. The molecular weight excluding hydrogens is 365 g/mol. The Bertz CT molecular complexity index is 986. The molecule has 146 valence electrons. The molecule has 7 nitrogen and oxygen atoms in total. The lowest BCUT2D eigenvalue weighted by Crippen LogP contribution is -2.34. The molecule has 2 aromatic rings. The summed E-state index contributed by atoms with van der Waals surface area (Å²) in [7, 11) is 1.41. The van der Waals surface area contributed by atoms with Gasteiger partial charge < -0.3 is 20.5 Å². The first kappa shape index (κ1) is 19.4. The van der Waals surface area contributed by atoms with Crippen LogP contribution in [0.3, 0.4) is 0 Å². The van der Waals surface area contributed by atoms with Gasteiger partial charge in [-0.2, -0.15) is 0 Å². The number of pyridine rings is 1. The summed E-state index contributed by atoms with van der Waals surface area (Å²) in [6.07, 6.45) is 5.92. The molecule has 3 rings (SSSR count). The van der Waals surface area contributed by atoms with Crippen LogP contribution in [-0.2, 0) is 4.79 Å². The Morgan fingerprint density at radius 3 is 2.79 bits per heavy atom. The second-order valence-electron chi connectivity index (χ2n) is 6.48. The van der Waals surface area contributed by atoms with Gasteiger partial charge in [0.1, 0.15) is 12.4 Å². The molecule has 8 heteroatoms. The number of rotatable bonds is 6. The minimum absolute atomic E-state index is 0.0437. The van der Waals surface area contributed by atoms with Crippen LogP contribution >= 0.6 is 0 Å². The van der Waals surface area contributed by atoms with Gasteiger partial charge in [-0.15, -0.1) is 6.42 Å². The van der Waals surface area contributed by atoms with Crippen molar-refractivity contribution >= 4 is 22.6 Å². The fourth-order valence-electron chi connectivity index (χ4n) is 3.43. The summed E-state index contributed by atoms with van der Waals surface area (Å²) >= 11 is 0. The molecular formula is C20H20FN3O4.